The first-order valence-corrected chi connectivity index (χ1v) is 10.5. The van der Waals surface area contributed by atoms with Crippen molar-refractivity contribution in [1.82, 2.24) is 9.38 Å². The van der Waals surface area contributed by atoms with E-state index < -0.39 is 12.0 Å². The highest BCUT2D eigenvalue weighted by atomic mass is 35.5. The van der Waals surface area contributed by atoms with Gasteiger partial charge < -0.3 is 10.5 Å². The first-order chi connectivity index (χ1) is 13.9. The molecule has 0 aliphatic heterocycles. The number of aromatic nitrogens is 2. The second kappa shape index (κ2) is 8.06. The predicted octanol–water partition coefficient (Wildman–Crippen LogP) is 5.54. The van der Waals surface area contributed by atoms with Gasteiger partial charge >= 0.3 is 0 Å². The quantitative estimate of drug-likeness (QED) is 0.423. The number of hydrogen-bond donors (Lipinski definition) is 1. The van der Waals surface area contributed by atoms with Gasteiger partial charge in [0.1, 0.15) is 17.5 Å². The number of halogens is 2. The van der Waals surface area contributed by atoms with Crippen LogP contribution in [0.5, 0.6) is 5.75 Å². The van der Waals surface area contributed by atoms with E-state index in [2.05, 4.69) is 4.98 Å². The Kier molecular flexibility index (Phi) is 5.50. The van der Waals surface area contributed by atoms with Crippen molar-refractivity contribution >= 4 is 46.1 Å². The molecule has 0 aliphatic carbocycles. The Morgan fingerprint density at radius 1 is 1.24 bits per heavy atom. The van der Waals surface area contributed by atoms with E-state index in [0.717, 1.165) is 21.1 Å². The summed E-state index contributed by atoms with van der Waals surface area (Å²) >= 11 is 14.1. The second-order valence-corrected chi connectivity index (χ2v) is 8.46. The summed E-state index contributed by atoms with van der Waals surface area (Å²) in [6, 6.07) is 13.0. The standard InChI is InChI=1S/C21H17Cl2N3O2S/c1-12(21-13(22)5-4-6-14(21)23)28-16-9-17(29-18(16)10-19(24)27)15-11-25-20-7-2-3-8-26(15)20/h2-9,11-12H,10H2,1H3,(H2,24,27). The van der Waals surface area contributed by atoms with Crippen LogP contribution >= 0.6 is 34.5 Å². The van der Waals surface area contributed by atoms with E-state index in [9.17, 15) is 4.79 Å². The van der Waals surface area contributed by atoms with Gasteiger partial charge in [-0.25, -0.2) is 4.98 Å². The molecule has 0 radical (unpaired) electrons. The number of ether oxygens (including phenoxy) is 1. The summed E-state index contributed by atoms with van der Waals surface area (Å²) in [5, 5.41) is 1.05. The van der Waals surface area contributed by atoms with E-state index in [4.69, 9.17) is 33.7 Å². The zero-order chi connectivity index (χ0) is 20.5. The van der Waals surface area contributed by atoms with Crippen LogP contribution in [0.25, 0.3) is 16.2 Å². The summed E-state index contributed by atoms with van der Waals surface area (Å²) in [5.74, 6) is 0.156. The molecule has 0 aliphatic rings. The van der Waals surface area contributed by atoms with Gasteiger partial charge in [0.25, 0.3) is 0 Å². The molecule has 0 saturated heterocycles. The Bertz CT molecular complexity index is 1180. The number of pyridine rings is 1. The van der Waals surface area contributed by atoms with Gasteiger partial charge in [0, 0.05) is 27.9 Å². The maximum Gasteiger partial charge on any atom is 0.222 e. The van der Waals surface area contributed by atoms with Crippen molar-refractivity contribution in [2.45, 2.75) is 19.4 Å². The molecule has 4 aromatic rings. The molecule has 8 heteroatoms. The third-order valence-electron chi connectivity index (χ3n) is 4.48. The lowest BCUT2D eigenvalue weighted by Gasteiger charge is -2.17. The third kappa shape index (κ3) is 3.96. The van der Waals surface area contributed by atoms with E-state index in [-0.39, 0.29) is 6.42 Å². The van der Waals surface area contributed by atoms with Gasteiger partial charge in [-0.3, -0.25) is 9.20 Å². The smallest absolute Gasteiger partial charge is 0.222 e. The van der Waals surface area contributed by atoms with Crippen molar-refractivity contribution in [3.05, 3.63) is 75.3 Å². The molecule has 4 rings (SSSR count). The summed E-state index contributed by atoms with van der Waals surface area (Å²) in [5.41, 5.74) is 7.90. The molecule has 0 spiro atoms. The second-order valence-electron chi connectivity index (χ2n) is 6.51. The monoisotopic (exact) mass is 445 g/mol. The number of nitrogens with zero attached hydrogens (tertiary/aromatic N) is 2. The normalized spacial score (nSPS) is 12.2. The number of hydrogen-bond acceptors (Lipinski definition) is 4. The van der Waals surface area contributed by atoms with Crippen molar-refractivity contribution in [3.63, 3.8) is 0 Å². The molecule has 148 valence electrons. The molecular formula is C21H17Cl2N3O2S. The predicted molar refractivity (Wildman–Crippen MR) is 117 cm³/mol. The zero-order valence-electron chi connectivity index (χ0n) is 15.4. The summed E-state index contributed by atoms with van der Waals surface area (Å²) in [4.78, 5) is 17.7. The van der Waals surface area contributed by atoms with Gasteiger partial charge in [-0.15, -0.1) is 11.3 Å². The molecule has 1 aromatic carbocycles. The molecule has 0 saturated carbocycles. The number of fused-ring (bicyclic) bond motifs is 1. The molecule has 1 atom stereocenters. The molecule has 3 heterocycles. The fourth-order valence-electron chi connectivity index (χ4n) is 3.18. The lowest BCUT2D eigenvalue weighted by atomic mass is 10.1. The van der Waals surface area contributed by atoms with Gasteiger partial charge in [0.05, 0.1) is 28.1 Å². The number of rotatable bonds is 6. The van der Waals surface area contributed by atoms with Crippen molar-refractivity contribution in [3.8, 4) is 16.3 Å². The minimum absolute atomic E-state index is 0.0830. The van der Waals surface area contributed by atoms with Gasteiger partial charge in [-0.1, -0.05) is 35.3 Å². The minimum Gasteiger partial charge on any atom is -0.485 e. The van der Waals surface area contributed by atoms with Crippen LogP contribution in [0.2, 0.25) is 10.0 Å². The van der Waals surface area contributed by atoms with Gasteiger partial charge in [0.2, 0.25) is 5.91 Å². The first kappa shape index (κ1) is 19.8. The number of primary amides is 1. The van der Waals surface area contributed by atoms with E-state index in [1.165, 1.54) is 11.3 Å². The Morgan fingerprint density at radius 3 is 2.72 bits per heavy atom. The van der Waals surface area contributed by atoms with Crippen LogP contribution in [0, 0.1) is 0 Å². The SMILES string of the molecule is CC(Oc1cc(-c2cnc3ccccn23)sc1CC(N)=O)c1c(Cl)cccc1Cl. The minimum atomic E-state index is -0.426. The number of imidazole rings is 1. The number of amides is 1. The summed E-state index contributed by atoms with van der Waals surface area (Å²) in [7, 11) is 0. The molecule has 5 nitrogen and oxygen atoms in total. The Morgan fingerprint density at radius 2 is 2.00 bits per heavy atom. The fourth-order valence-corrected chi connectivity index (χ4v) is 5.00. The molecule has 3 aromatic heterocycles. The van der Waals surface area contributed by atoms with Gasteiger partial charge in [-0.2, -0.15) is 0 Å². The third-order valence-corrected chi connectivity index (χ3v) is 6.28. The van der Waals surface area contributed by atoms with Crippen LogP contribution in [0.4, 0.5) is 0 Å². The molecule has 1 amide bonds. The van der Waals surface area contributed by atoms with Crippen molar-refractivity contribution < 1.29 is 9.53 Å². The zero-order valence-corrected chi connectivity index (χ0v) is 17.8. The lowest BCUT2D eigenvalue weighted by molar-refractivity contribution is -0.117. The molecule has 1 unspecified atom stereocenters. The highest BCUT2D eigenvalue weighted by molar-refractivity contribution is 7.15. The van der Waals surface area contributed by atoms with E-state index in [1.807, 2.05) is 41.8 Å². The van der Waals surface area contributed by atoms with E-state index in [1.54, 1.807) is 24.4 Å². The maximum absolute atomic E-state index is 11.6. The van der Waals surface area contributed by atoms with Crippen LogP contribution in [0.1, 0.15) is 23.5 Å². The van der Waals surface area contributed by atoms with Crippen molar-refractivity contribution in [1.29, 1.82) is 0 Å². The van der Waals surface area contributed by atoms with Crippen molar-refractivity contribution in [2.75, 3.05) is 0 Å². The van der Waals surface area contributed by atoms with Crippen LogP contribution in [-0.2, 0) is 11.2 Å². The number of carbonyl (C=O) groups excluding carboxylic acids is 1. The lowest BCUT2D eigenvalue weighted by Crippen LogP contribution is -2.14. The van der Waals surface area contributed by atoms with Crippen LogP contribution in [0.3, 0.4) is 0 Å². The van der Waals surface area contributed by atoms with Crippen LogP contribution < -0.4 is 10.5 Å². The largest absolute Gasteiger partial charge is 0.485 e. The number of nitrogens with two attached hydrogens (primary N) is 1. The Hall–Kier alpha value is -2.54. The van der Waals surface area contributed by atoms with E-state index >= 15 is 0 Å². The summed E-state index contributed by atoms with van der Waals surface area (Å²) < 4.78 is 8.17. The van der Waals surface area contributed by atoms with Crippen LogP contribution in [0.15, 0.2) is 54.9 Å². The first-order valence-electron chi connectivity index (χ1n) is 8.88. The topological polar surface area (TPSA) is 69.6 Å². The van der Waals surface area contributed by atoms with E-state index in [0.29, 0.717) is 21.4 Å². The number of thiophene rings is 1. The average Bonchev–Trinajstić information content (AvgIpc) is 3.25. The maximum atomic E-state index is 11.6. The fraction of sp³-hybridized carbons (Fsp3) is 0.143. The van der Waals surface area contributed by atoms with Crippen molar-refractivity contribution in [2.24, 2.45) is 5.73 Å². The van der Waals surface area contributed by atoms with Gasteiger partial charge in [0.15, 0.2) is 0 Å². The highest BCUT2D eigenvalue weighted by Crippen LogP contribution is 2.40. The number of benzene rings is 1. The summed E-state index contributed by atoms with van der Waals surface area (Å²) in [6.07, 6.45) is 3.41. The number of carbonyl (C=O) groups is 1. The molecule has 2 N–H and O–H groups in total. The Balaban J connectivity index is 1.73. The summed E-state index contributed by atoms with van der Waals surface area (Å²) in [6.45, 7) is 1.87. The molecule has 0 bridgehead atoms. The molecule has 29 heavy (non-hydrogen) atoms. The molecule has 0 fully saturated rings. The highest BCUT2D eigenvalue weighted by Gasteiger charge is 2.21. The Labute approximate surface area is 181 Å². The average molecular weight is 446 g/mol. The molecular weight excluding hydrogens is 429 g/mol. The van der Waals surface area contributed by atoms with Crippen LogP contribution in [-0.4, -0.2) is 15.3 Å². The van der Waals surface area contributed by atoms with Gasteiger partial charge in [-0.05, 0) is 31.2 Å².